The maximum absolute atomic E-state index is 13.6. The van der Waals surface area contributed by atoms with Gasteiger partial charge in [-0.15, -0.1) is 0 Å². The Kier molecular flexibility index (Phi) is 6.00. The van der Waals surface area contributed by atoms with Gasteiger partial charge >= 0.3 is 6.18 Å². The van der Waals surface area contributed by atoms with Crippen LogP contribution in [-0.4, -0.2) is 0 Å². The molecule has 0 saturated carbocycles. The summed E-state index contributed by atoms with van der Waals surface area (Å²) in [6.45, 7) is 16.8. The van der Waals surface area contributed by atoms with Crippen molar-refractivity contribution < 1.29 is 13.2 Å². The fourth-order valence-corrected chi connectivity index (χ4v) is 4.88. The summed E-state index contributed by atoms with van der Waals surface area (Å²) in [5.74, 6) is 0. The summed E-state index contributed by atoms with van der Waals surface area (Å²) in [4.78, 5) is 6.95. The molecule has 0 atom stereocenters. The van der Waals surface area contributed by atoms with Crippen LogP contribution in [0.25, 0.3) is 48.6 Å². The van der Waals surface area contributed by atoms with E-state index in [0.29, 0.717) is 28.0 Å². The molecule has 0 N–H and O–H groups in total. The number of alkyl halides is 3. The topological polar surface area (TPSA) is 56.3 Å². The first-order valence-electron chi connectivity index (χ1n) is 11.6. The van der Waals surface area contributed by atoms with Crippen LogP contribution in [0.3, 0.4) is 0 Å². The third-order valence-corrected chi connectivity index (χ3v) is 6.75. The zero-order valence-electron chi connectivity index (χ0n) is 20.4. The Morgan fingerprint density at radius 2 is 1.28 bits per heavy atom. The van der Waals surface area contributed by atoms with Crippen LogP contribution in [0.15, 0.2) is 78.5 Å². The molecular weight excluding hydrogens is 497 g/mol. The summed E-state index contributed by atoms with van der Waals surface area (Å²) < 4.78 is 40.8. The number of hydrogen-bond acceptors (Lipinski definition) is 2. The molecule has 4 aromatic carbocycles. The molecule has 5 rings (SSSR count). The Balaban J connectivity index is 1.69. The van der Waals surface area contributed by atoms with Crippen LogP contribution < -0.4 is 0 Å². The predicted octanol–water partition coefficient (Wildman–Crippen LogP) is 8.95. The Morgan fingerprint density at radius 1 is 0.744 bits per heavy atom. The molecule has 0 bridgehead atoms. The van der Waals surface area contributed by atoms with Crippen molar-refractivity contribution in [3.05, 3.63) is 129 Å². The number of rotatable bonds is 2. The highest BCUT2D eigenvalue weighted by molar-refractivity contribution is 6.05. The smallest absolute Gasteiger partial charge is 0.238 e. The van der Waals surface area contributed by atoms with Gasteiger partial charge in [0.2, 0.25) is 0 Å². The van der Waals surface area contributed by atoms with Crippen LogP contribution >= 0.6 is 0 Å². The first-order valence-corrected chi connectivity index (χ1v) is 11.6. The van der Waals surface area contributed by atoms with Gasteiger partial charge in [-0.3, -0.25) is 0 Å². The molecule has 39 heavy (non-hydrogen) atoms. The number of halogens is 3. The van der Waals surface area contributed by atoms with Gasteiger partial charge in [0.15, 0.2) is 5.69 Å². The van der Waals surface area contributed by atoms with Crippen LogP contribution in [0.2, 0.25) is 0 Å². The van der Waals surface area contributed by atoms with Crippen molar-refractivity contribution in [2.45, 2.75) is 13.1 Å². The summed E-state index contributed by atoms with van der Waals surface area (Å²) in [5, 5.41) is 18.9. The number of allylic oxidation sites excluding steroid dienone is 1. The minimum absolute atomic E-state index is 0.125. The minimum Gasteiger partial charge on any atom is -0.238 e. The van der Waals surface area contributed by atoms with E-state index >= 15 is 0 Å². The number of hydrogen-bond donors (Lipinski definition) is 0. The van der Waals surface area contributed by atoms with E-state index in [2.05, 4.69) is 9.69 Å². The van der Waals surface area contributed by atoms with Crippen molar-refractivity contribution in [2.75, 3.05) is 0 Å². The number of nitrogens with zero attached hydrogens (tertiary/aromatic N) is 4. The van der Waals surface area contributed by atoms with Crippen molar-refractivity contribution in [2.24, 2.45) is 0 Å². The molecule has 0 aliphatic heterocycles. The molecule has 0 amide bonds. The zero-order valence-corrected chi connectivity index (χ0v) is 20.4. The average Bonchev–Trinajstić information content (AvgIpc) is 3.25. The van der Waals surface area contributed by atoms with E-state index in [1.807, 2.05) is 43.3 Å². The fourth-order valence-electron chi connectivity index (χ4n) is 4.88. The highest BCUT2D eigenvalue weighted by Crippen LogP contribution is 2.48. The first kappa shape index (κ1) is 25.0. The second-order valence-corrected chi connectivity index (χ2v) is 8.95. The molecule has 0 radical (unpaired) electrons. The summed E-state index contributed by atoms with van der Waals surface area (Å²) in [7, 11) is 0. The maximum atomic E-state index is 13.6. The molecule has 0 heterocycles. The zero-order chi connectivity index (χ0) is 27.9. The molecular formula is C32H15F3N4. The second kappa shape index (κ2) is 9.35. The minimum atomic E-state index is -4.70. The third kappa shape index (κ3) is 4.19. The van der Waals surface area contributed by atoms with Crippen LogP contribution in [0.1, 0.15) is 27.8 Å². The van der Waals surface area contributed by atoms with E-state index in [0.717, 1.165) is 39.9 Å². The molecule has 0 saturated heterocycles. The third-order valence-electron chi connectivity index (χ3n) is 6.75. The summed E-state index contributed by atoms with van der Waals surface area (Å²) >= 11 is 0. The number of benzene rings is 4. The summed E-state index contributed by atoms with van der Waals surface area (Å²) in [6.07, 6.45) is -4.70. The Labute approximate surface area is 222 Å². The molecule has 1 aliphatic carbocycles. The number of aryl methyl sites for hydroxylation is 1. The monoisotopic (exact) mass is 512 g/mol. The van der Waals surface area contributed by atoms with Gasteiger partial charge in [-0.2, -0.15) is 18.4 Å². The van der Waals surface area contributed by atoms with Gasteiger partial charge < -0.3 is 0 Å². The van der Waals surface area contributed by atoms with Crippen LogP contribution in [0.5, 0.6) is 0 Å². The van der Waals surface area contributed by atoms with Gasteiger partial charge in [0.05, 0.1) is 36.4 Å². The largest absolute Gasteiger partial charge is 0.417 e. The SMILES string of the molecule is [C-]#[N+]/C(C#N)=C1/c2cc(-c3ccc([N+]#[C-])c(C)c3)ccc2-c2ccc(-c3ccc(C#N)c(C(F)(F)F)c3)cc21. The van der Waals surface area contributed by atoms with Crippen LogP contribution in [-0.2, 0) is 6.18 Å². The molecule has 0 spiro atoms. The molecule has 0 aromatic heterocycles. The quantitative estimate of drug-likeness (QED) is 0.175. The van der Waals surface area contributed by atoms with Crippen LogP contribution in [0, 0.1) is 42.7 Å². The molecule has 1 aliphatic rings. The predicted molar refractivity (Wildman–Crippen MR) is 142 cm³/mol. The maximum Gasteiger partial charge on any atom is 0.417 e. The second-order valence-electron chi connectivity index (χ2n) is 8.95. The van der Waals surface area contributed by atoms with Crippen LogP contribution in [0.4, 0.5) is 18.9 Å². The standard InChI is InChI=1S/C32H15F3N4/c1-18-12-19(8-11-29(18)38-2)20-6-9-24-25-10-7-21(14-27(25)31(26(24)13-20)30(17-37)39-3)22-4-5-23(16-36)28(15-22)32(33,34)35/h4-15H,1H3/b31-30-. The van der Waals surface area contributed by atoms with Crippen molar-refractivity contribution >= 4 is 11.3 Å². The van der Waals surface area contributed by atoms with E-state index in [1.165, 1.54) is 6.07 Å². The molecule has 184 valence electrons. The van der Waals surface area contributed by atoms with E-state index in [4.69, 9.17) is 18.4 Å². The van der Waals surface area contributed by atoms with Crippen molar-refractivity contribution in [1.29, 1.82) is 10.5 Å². The summed E-state index contributed by atoms with van der Waals surface area (Å²) in [5.41, 5.74) is 5.42. The fraction of sp³-hybridized carbons (Fsp3) is 0.0625. The van der Waals surface area contributed by atoms with Gasteiger partial charge in [0.25, 0.3) is 5.70 Å². The van der Waals surface area contributed by atoms with E-state index in [-0.39, 0.29) is 11.3 Å². The summed E-state index contributed by atoms with van der Waals surface area (Å²) in [6, 6.07) is 23.5. The molecule has 4 aromatic rings. The lowest BCUT2D eigenvalue weighted by Gasteiger charge is -2.12. The molecule has 4 nitrogen and oxygen atoms in total. The van der Waals surface area contributed by atoms with Gasteiger partial charge in [0.1, 0.15) is 0 Å². The normalized spacial score (nSPS) is 12.8. The van der Waals surface area contributed by atoms with E-state index in [1.54, 1.807) is 30.3 Å². The van der Waals surface area contributed by atoms with Gasteiger partial charge in [-0.25, -0.2) is 15.0 Å². The Morgan fingerprint density at radius 3 is 1.77 bits per heavy atom. The van der Waals surface area contributed by atoms with Crippen molar-refractivity contribution in [1.82, 2.24) is 0 Å². The molecule has 7 heteroatoms. The van der Waals surface area contributed by atoms with E-state index < -0.39 is 17.3 Å². The lowest BCUT2D eigenvalue weighted by Crippen LogP contribution is -2.08. The van der Waals surface area contributed by atoms with Gasteiger partial charge in [-0.1, -0.05) is 48.5 Å². The highest BCUT2D eigenvalue weighted by atomic mass is 19.4. The van der Waals surface area contributed by atoms with E-state index in [9.17, 15) is 18.4 Å². The lowest BCUT2D eigenvalue weighted by atomic mass is 9.94. The molecule has 0 fully saturated rings. The average molecular weight is 512 g/mol. The number of nitriles is 2. The van der Waals surface area contributed by atoms with Gasteiger partial charge in [-0.05, 0) is 81.3 Å². The Hall–Kier alpha value is -5.63. The number of fused-ring (bicyclic) bond motifs is 3. The first-order chi connectivity index (χ1) is 18.7. The lowest BCUT2D eigenvalue weighted by molar-refractivity contribution is -0.137. The van der Waals surface area contributed by atoms with Crippen molar-refractivity contribution in [3.8, 4) is 45.5 Å². The molecule has 0 unspecified atom stereocenters. The Bertz CT molecular complexity index is 1890. The van der Waals surface area contributed by atoms with Crippen molar-refractivity contribution in [3.63, 3.8) is 0 Å². The highest BCUT2D eigenvalue weighted by Gasteiger charge is 2.34. The van der Waals surface area contributed by atoms with Gasteiger partial charge in [0, 0.05) is 5.57 Å².